The zero-order valence-corrected chi connectivity index (χ0v) is 17.8. The van der Waals surface area contributed by atoms with Gasteiger partial charge in [-0.05, 0) is 49.7 Å². The molecule has 0 aliphatic rings. The van der Waals surface area contributed by atoms with Crippen LogP contribution in [0.2, 0.25) is 0 Å². The van der Waals surface area contributed by atoms with Gasteiger partial charge in [0, 0.05) is 11.6 Å². The summed E-state index contributed by atoms with van der Waals surface area (Å²) in [4.78, 5) is 33.2. The number of aromatic amines is 1. The van der Waals surface area contributed by atoms with Gasteiger partial charge in [-0.1, -0.05) is 30.0 Å². The molecule has 0 atom stereocenters. The number of H-pyrrole nitrogens is 1. The summed E-state index contributed by atoms with van der Waals surface area (Å²) in [6.07, 6.45) is 0. The van der Waals surface area contributed by atoms with Gasteiger partial charge < -0.3 is 9.47 Å². The molecule has 31 heavy (non-hydrogen) atoms. The van der Waals surface area contributed by atoms with Gasteiger partial charge >= 0.3 is 5.97 Å². The molecule has 0 fully saturated rings. The van der Waals surface area contributed by atoms with E-state index in [1.165, 1.54) is 10.6 Å². The summed E-state index contributed by atoms with van der Waals surface area (Å²) in [6, 6.07) is 16.1. The van der Waals surface area contributed by atoms with E-state index in [9.17, 15) is 9.59 Å². The third-order valence-electron chi connectivity index (χ3n) is 4.38. The molecule has 0 saturated carbocycles. The van der Waals surface area contributed by atoms with E-state index >= 15 is 0 Å². The summed E-state index contributed by atoms with van der Waals surface area (Å²) in [5.41, 5.74) is 1.75. The zero-order valence-electron chi connectivity index (χ0n) is 17.0. The molecule has 2 aromatic carbocycles. The second-order valence-electron chi connectivity index (χ2n) is 6.63. The predicted octanol–water partition coefficient (Wildman–Crippen LogP) is 3.49. The lowest BCUT2D eigenvalue weighted by atomic mass is 10.2. The number of carbonyl (C=O) groups excluding carboxylic acids is 1. The first-order valence-electron chi connectivity index (χ1n) is 9.65. The van der Waals surface area contributed by atoms with Crippen molar-refractivity contribution in [3.8, 4) is 22.9 Å². The molecule has 0 saturated heterocycles. The van der Waals surface area contributed by atoms with Crippen LogP contribution in [0.3, 0.4) is 0 Å². The molecule has 0 bridgehead atoms. The molecule has 0 aliphatic heterocycles. The third kappa shape index (κ3) is 4.77. The fraction of sp³-hybridized carbons (Fsp3) is 0.182. The number of benzene rings is 2. The Hall–Kier alpha value is -3.59. The van der Waals surface area contributed by atoms with Crippen LogP contribution in [-0.2, 0) is 4.79 Å². The summed E-state index contributed by atoms with van der Waals surface area (Å²) in [6.45, 7) is 4.37. The average molecular weight is 436 g/mol. The van der Waals surface area contributed by atoms with E-state index in [-0.39, 0.29) is 11.3 Å². The Labute approximate surface area is 182 Å². The Morgan fingerprint density at radius 3 is 2.65 bits per heavy atom. The molecule has 0 unspecified atom stereocenters. The van der Waals surface area contributed by atoms with Gasteiger partial charge in [0.25, 0.3) is 5.56 Å². The van der Waals surface area contributed by atoms with E-state index in [1.54, 1.807) is 6.07 Å². The second-order valence-corrected chi connectivity index (χ2v) is 7.57. The number of ether oxygens (including phenoxy) is 2. The van der Waals surface area contributed by atoms with Crippen LogP contribution in [0.25, 0.3) is 17.0 Å². The quantitative estimate of drug-likeness (QED) is 0.269. The minimum absolute atomic E-state index is 0.0172. The van der Waals surface area contributed by atoms with Crippen molar-refractivity contribution in [3.63, 3.8) is 0 Å². The molecule has 0 aliphatic carbocycles. The molecule has 2 heterocycles. The molecule has 0 amide bonds. The minimum atomic E-state index is -0.414. The van der Waals surface area contributed by atoms with Crippen molar-refractivity contribution >= 4 is 23.4 Å². The first kappa shape index (κ1) is 20.7. The lowest BCUT2D eigenvalue weighted by Crippen LogP contribution is -2.13. The standard InChI is InChI=1S/C22H20N4O4S/c1-3-29-16-10-8-15(9-11-16)21-23-18-12-19(27)25-26(18)22(24-21)31-13-20(28)30-17-7-5-4-6-14(17)2/h4-12H,3,13H2,1-2H3,(H,25,27). The Kier molecular flexibility index (Phi) is 6.03. The summed E-state index contributed by atoms with van der Waals surface area (Å²) >= 11 is 1.16. The molecular weight excluding hydrogens is 416 g/mol. The maximum absolute atomic E-state index is 12.4. The third-order valence-corrected chi connectivity index (χ3v) is 5.30. The number of fused-ring (bicyclic) bond motifs is 1. The van der Waals surface area contributed by atoms with E-state index in [1.807, 2.05) is 56.3 Å². The van der Waals surface area contributed by atoms with Crippen LogP contribution in [0.5, 0.6) is 11.5 Å². The molecule has 1 N–H and O–H groups in total. The van der Waals surface area contributed by atoms with E-state index in [0.717, 1.165) is 28.6 Å². The number of rotatable bonds is 7. The van der Waals surface area contributed by atoms with Crippen molar-refractivity contribution in [2.45, 2.75) is 19.0 Å². The molecule has 2 aromatic heterocycles. The normalized spacial score (nSPS) is 10.9. The van der Waals surface area contributed by atoms with Crippen molar-refractivity contribution < 1.29 is 14.3 Å². The maximum atomic E-state index is 12.4. The molecule has 4 rings (SSSR count). The molecule has 158 valence electrons. The summed E-state index contributed by atoms with van der Waals surface area (Å²) in [7, 11) is 0. The first-order chi connectivity index (χ1) is 15.0. The molecular formula is C22H20N4O4S. The molecule has 9 heteroatoms. The predicted molar refractivity (Wildman–Crippen MR) is 118 cm³/mol. The van der Waals surface area contributed by atoms with Gasteiger partial charge in [-0.25, -0.2) is 14.5 Å². The van der Waals surface area contributed by atoms with Gasteiger partial charge in [0.15, 0.2) is 16.6 Å². The summed E-state index contributed by atoms with van der Waals surface area (Å²) in [5, 5.41) is 3.09. The Morgan fingerprint density at radius 1 is 1.13 bits per heavy atom. The zero-order chi connectivity index (χ0) is 21.8. The largest absolute Gasteiger partial charge is 0.494 e. The fourth-order valence-electron chi connectivity index (χ4n) is 2.92. The Morgan fingerprint density at radius 2 is 1.90 bits per heavy atom. The highest BCUT2D eigenvalue weighted by Gasteiger charge is 2.15. The van der Waals surface area contributed by atoms with Gasteiger partial charge in [-0.15, -0.1) is 0 Å². The number of nitrogens with zero attached hydrogens (tertiary/aromatic N) is 3. The van der Waals surface area contributed by atoms with Crippen LogP contribution in [0.4, 0.5) is 0 Å². The number of esters is 1. The number of para-hydroxylation sites is 1. The highest BCUT2D eigenvalue weighted by atomic mass is 32.2. The van der Waals surface area contributed by atoms with Gasteiger partial charge in [0.2, 0.25) is 0 Å². The van der Waals surface area contributed by atoms with Gasteiger partial charge in [0.05, 0.1) is 12.4 Å². The Bertz CT molecular complexity index is 1280. The SMILES string of the molecule is CCOc1ccc(-c2nc(SCC(=O)Oc3ccccc3C)n3[nH]c(=O)cc3n2)cc1. The van der Waals surface area contributed by atoms with E-state index in [2.05, 4.69) is 15.1 Å². The van der Waals surface area contributed by atoms with Crippen molar-refractivity contribution in [1.29, 1.82) is 0 Å². The summed E-state index contributed by atoms with van der Waals surface area (Å²) < 4.78 is 12.4. The smallest absolute Gasteiger partial charge is 0.321 e. The molecule has 0 radical (unpaired) electrons. The molecule has 0 spiro atoms. The topological polar surface area (TPSA) is 98.6 Å². The number of thioether (sulfide) groups is 1. The number of hydrogen-bond acceptors (Lipinski definition) is 7. The van der Waals surface area contributed by atoms with Crippen molar-refractivity contribution in [2.24, 2.45) is 0 Å². The number of aryl methyl sites for hydroxylation is 1. The monoisotopic (exact) mass is 436 g/mol. The highest BCUT2D eigenvalue weighted by Crippen LogP contribution is 2.24. The molecule has 4 aromatic rings. The number of carbonyl (C=O) groups is 1. The lowest BCUT2D eigenvalue weighted by molar-refractivity contribution is -0.131. The van der Waals surface area contributed by atoms with Crippen LogP contribution in [-0.4, -0.2) is 37.9 Å². The van der Waals surface area contributed by atoms with E-state index in [0.29, 0.717) is 29.0 Å². The van der Waals surface area contributed by atoms with Crippen LogP contribution in [0, 0.1) is 6.92 Å². The number of nitrogens with one attached hydrogen (secondary N) is 1. The second kappa shape index (κ2) is 9.05. The number of hydrogen-bond donors (Lipinski definition) is 1. The van der Waals surface area contributed by atoms with Gasteiger partial charge in [-0.3, -0.25) is 14.7 Å². The minimum Gasteiger partial charge on any atom is -0.494 e. The van der Waals surface area contributed by atoms with Gasteiger partial charge in [0.1, 0.15) is 11.5 Å². The van der Waals surface area contributed by atoms with E-state index < -0.39 is 5.97 Å². The van der Waals surface area contributed by atoms with Crippen molar-refractivity contribution in [1.82, 2.24) is 19.6 Å². The fourth-order valence-corrected chi connectivity index (χ4v) is 3.65. The number of aromatic nitrogens is 4. The maximum Gasteiger partial charge on any atom is 0.321 e. The first-order valence-corrected chi connectivity index (χ1v) is 10.6. The average Bonchev–Trinajstić information content (AvgIpc) is 3.14. The Balaban J connectivity index is 1.58. The van der Waals surface area contributed by atoms with Crippen LogP contribution in [0.15, 0.2) is 64.5 Å². The lowest BCUT2D eigenvalue weighted by Gasteiger charge is -2.09. The molecule has 8 nitrogen and oxygen atoms in total. The van der Waals surface area contributed by atoms with Crippen LogP contribution in [0.1, 0.15) is 12.5 Å². The summed E-state index contributed by atoms with van der Waals surface area (Å²) in [5.74, 6) is 1.31. The van der Waals surface area contributed by atoms with Crippen molar-refractivity contribution in [3.05, 3.63) is 70.5 Å². The van der Waals surface area contributed by atoms with Crippen LogP contribution >= 0.6 is 11.8 Å². The van der Waals surface area contributed by atoms with E-state index in [4.69, 9.17) is 9.47 Å². The van der Waals surface area contributed by atoms with Crippen molar-refractivity contribution in [2.75, 3.05) is 12.4 Å². The van der Waals surface area contributed by atoms with Gasteiger partial charge in [-0.2, -0.15) is 0 Å². The highest BCUT2D eigenvalue weighted by molar-refractivity contribution is 7.99. The van der Waals surface area contributed by atoms with Crippen LogP contribution < -0.4 is 15.0 Å².